The number of carboxylic acid groups (broad SMARTS) is 1. The van der Waals surface area contributed by atoms with Crippen LogP contribution in [0.1, 0.15) is 52.4 Å². The summed E-state index contributed by atoms with van der Waals surface area (Å²) < 4.78 is 0. The Morgan fingerprint density at radius 3 is 2.42 bits per heavy atom. The molecule has 0 aromatic heterocycles. The van der Waals surface area contributed by atoms with Gasteiger partial charge >= 0.3 is 5.97 Å². The fourth-order valence-electron chi connectivity index (χ4n) is 3.53. The monoisotopic (exact) mass is 443 g/mol. The van der Waals surface area contributed by atoms with Crippen LogP contribution in [0.4, 0.5) is 0 Å². The zero-order valence-corrected chi connectivity index (χ0v) is 18.4. The van der Waals surface area contributed by atoms with Gasteiger partial charge in [0.05, 0.1) is 6.61 Å². The molecule has 5 unspecified atom stereocenters. The maximum atomic E-state index is 13.2. The Hall–Kier alpha value is -2.24. The minimum atomic E-state index is -1.15. The summed E-state index contributed by atoms with van der Waals surface area (Å²) in [6.07, 6.45) is 3.06. The number of nitrogens with zero attached hydrogens (tertiary/aromatic N) is 1. The number of nitrogens with one attached hydrogen (secondary N) is 2. The number of nitrogens with two attached hydrogens (primary N) is 2. The number of hydrogen-bond donors (Lipinski definition) is 6. The fraction of sp³-hybridized carbons (Fsp3) is 0.800. The second kappa shape index (κ2) is 13.2. The molecule has 1 aliphatic rings. The Morgan fingerprint density at radius 2 is 1.87 bits per heavy atom. The van der Waals surface area contributed by atoms with E-state index in [1.54, 1.807) is 6.92 Å². The topological polar surface area (TPSA) is 188 Å². The Kier molecular flexibility index (Phi) is 11.4. The van der Waals surface area contributed by atoms with Crippen LogP contribution in [0.5, 0.6) is 0 Å². The van der Waals surface area contributed by atoms with E-state index >= 15 is 0 Å². The number of aliphatic hydroxyl groups excluding tert-OH is 1. The van der Waals surface area contributed by atoms with Crippen molar-refractivity contribution in [3.05, 3.63) is 0 Å². The summed E-state index contributed by atoms with van der Waals surface area (Å²) in [6, 6.07) is -3.91. The van der Waals surface area contributed by atoms with E-state index < -0.39 is 54.5 Å². The van der Waals surface area contributed by atoms with Gasteiger partial charge in [-0.25, -0.2) is 4.79 Å². The number of likely N-dealkylation sites (tertiary alicyclic amines) is 1. The van der Waals surface area contributed by atoms with E-state index in [0.717, 1.165) is 0 Å². The summed E-state index contributed by atoms with van der Waals surface area (Å²) in [5, 5.41) is 23.6. The van der Waals surface area contributed by atoms with Crippen molar-refractivity contribution < 1.29 is 29.4 Å². The molecule has 0 aromatic carbocycles. The maximum absolute atomic E-state index is 13.2. The van der Waals surface area contributed by atoms with Gasteiger partial charge in [0, 0.05) is 6.54 Å². The van der Waals surface area contributed by atoms with Crippen molar-refractivity contribution in [1.82, 2.24) is 15.5 Å². The molecule has 178 valence electrons. The number of carboxylic acids is 1. The predicted molar refractivity (Wildman–Crippen MR) is 114 cm³/mol. The zero-order chi connectivity index (χ0) is 23.6. The van der Waals surface area contributed by atoms with E-state index in [1.165, 1.54) is 4.90 Å². The van der Waals surface area contributed by atoms with Crippen LogP contribution in [-0.4, -0.2) is 82.7 Å². The third-order valence-corrected chi connectivity index (χ3v) is 5.71. The summed E-state index contributed by atoms with van der Waals surface area (Å²) in [5.74, 6) is -2.95. The van der Waals surface area contributed by atoms with Crippen LogP contribution in [0.3, 0.4) is 0 Å². The van der Waals surface area contributed by atoms with Crippen molar-refractivity contribution in [1.29, 1.82) is 0 Å². The Balaban J connectivity index is 2.92. The highest BCUT2D eigenvalue weighted by molar-refractivity contribution is 5.94. The number of unbranched alkanes of at least 4 members (excludes halogenated alkanes) is 1. The highest BCUT2D eigenvalue weighted by Gasteiger charge is 2.40. The number of carbonyl (C=O) groups excluding carboxylic acids is 3. The van der Waals surface area contributed by atoms with Crippen LogP contribution in [0, 0.1) is 5.92 Å². The second-order valence-corrected chi connectivity index (χ2v) is 8.03. The van der Waals surface area contributed by atoms with Gasteiger partial charge in [-0.2, -0.15) is 0 Å². The minimum Gasteiger partial charge on any atom is -0.480 e. The van der Waals surface area contributed by atoms with Crippen molar-refractivity contribution in [2.45, 2.75) is 76.5 Å². The molecule has 31 heavy (non-hydrogen) atoms. The molecule has 1 saturated heterocycles. The zero-order valence-electron chi connectivity index (χ0n) is 18.4. The van der Waals surface area contributed by atoms with E-state index in [2.05, 4.69) is 10.6 Å². The van der Waals surface area contributed by atoms with E-state index in [-0.39, 0.29) is 12.3 Å². The van der Waals surface area contributed by atoms with Crippen molar-refractivity contribution in [3.8, 4) is 0 Å². The van der Waals surface area contributed by atoms with Gasteiger partial charge in [-0.05, 0) is 44.6 Å². The molecular weight excluding hydrogens is 406 g/mol. The summed E-state index contributed by atoms with van der Waals surface area (Å²) >= 11 is 0. The van der Waals surface area contributed by atoms with Crippen molar-refractivity contribution in [2.75, 3.05) is 19.7 Å². The first-order valence-electron chi connectivity index (χ1n) is 10.9. The van der Waals surface area contributed by atoms with Gasteiger partial charge in [-0.1, -0.05) is 20.3 Å². The van der Waals surface area contributed by atoms with Gasteiger partial charge in [-0.15, -0.1) is 0 Å². The molecule has 0 aromatic rings. The average Bonchev–Trinajstić information content (AvgIpc) is 3.24. The fourth-order valence-corrected chi connectivity index (χ4v) is 3.53. The van der Waals surface area contributed by atoms with E-state index in [4.69, 9.17) is 16.6 Å². The van der Waals surface area contributed by atoms with E-state index in [9.17, 15) is 24.3 Å². The van der Waals surface area contributed by atoms with Gasteiger partial charge < -0.3 is 37.2 Å². The average molecular weight is 444 g/mol. The standard InChI is InChI=1S/C20H37N5O6/c1-3-12(2)16(24-17(27)13(22)11-26)19(29)25-10-6-8-15(25)18(28)23-14(20(30)31)7-4-5-9-21/h12-16,26H,3-11,21-22H2,1-2H3,(H,23,28)(H,24,27)(H,30,31). The number of aliphatic carboxylic acids is 1. The molecule has 1 fully saturated rings. The van der Waals surface area contributed by atoms with Crippen molar-refractivity contribution in [3.63, 3.8) is 0 Å². The first kappa shape index (κ1) is 26.8. The molecule has 1 aliphatic heterocycles. The summed E-state index contributed by atoms with van der Waals surface area (Å²) in [5.41, 5.74) is 11.0. The van der Waals surface area contributed by atoms with Crippen molar-refractivity contribution in [2.24, 2.45) is 17.4 Å². The number of aliphatic hydroxyl groups is 1. The molecule has 0 bridgehead atoms. The van der Waals surface area contributed by atoms with Gasteiger partial charge in [0.2, 0.25) is 17.7 Å². The highest BCUT2D eigenvalue weighted by atomic mass is 16.4. The molecule has 0 radical (unpaired) electrons. The van der Waals surface area contributed by atoms with Crippen LogP contribution >= 0.6 is 0 Å². The lowest BCUT2D eigenvalue weighted by atomic mass is 9.97. The molecule has 0 saturated carbocycles. The third-order valence-electron chi connectivity index (χ3n) is 5.71. The van der Waals surface area contributed by atoms with Gasteiger partial charge in [0.1, 0.15) is 24.2 Å². The maximum Gasteiger partial charge on any atom is 0.326 e. The molecule has 3 amide bonds. The largest absolute Gasteiger partial charge is 0.480 e. The lowest BCUT2D eigenvalue weighted by Gasteiger charge is -2.32. The third kappa shape index (κ3) is 7.75. The molecule has 5 atom stereocenters. The Morgan fingerprint density at radius 1 is 1.19 bits per heavy atom. The normalized spacial score (nSPS) is 19.9. The summed E-state index contributed by atoms with van der Waals surface area (Å²) in [6.45, 7) is 3.89. The van der Waals surface area contributed by atoms with Gasteiger partial charge in [0.25, 0.3) is 0 Å². The molecule has 11 nitrogen and oxygen atoms in total. The minimum absolute atomic E-state index is 0.227. The summed E-state index contributed by atoms with van der Waals surface area (Å²) in [7, 11) is 0. The predicted octanol–water partition coefficient (Wildman–Crippen LogP) is -1.47. The smallest absolute Gasteiger partial charge is 0.326 e. The molecular formula is C20H37N5O6. The summed E-state index contributed by atoms with van der Waals surface area (Å²) in [4.78, 5) is 51.1. The van der Waals surface area contributed by atoms with E-state index in [0.29, 0.717) is 45.2 Å². The van der Waals surface area contributed by atoms with E-state index in [1.807, 2.05) is 6.92 Å². The van der Waals surface area contributed by atoms with Crippen LogP contribution in [0.15, 0.2) is 0 Å². The number of hydrogen-bond acceptors (Lipinski definition) is 7. The molecule has 0 aliphatic carbocycles. The Labute approximate surface area is 182 Å². The number of rotatable bonds is 13. The second-order valence-electron chi connectivity index (χ2n) is 8.03. The first-order chi connectivity index (χ1) is 14.7. The van der Waals surface area contributed by atoms with Crippen molar-refractivity contribution >= 4 is 23.7 Å². The molecule has 8 N–H and O–H groups in total. The van der Waals surface area contributed by atoms with Crippen LogP contribution in [-0.2, 0) is 19.2 Å². The quantitative estimate of drug-likeness (QED) is 0.186. The Bertz CT molecular complexity index is 631. The first-order valence-corrected chi connectivity index (χ1v) is 10.9. The molecule has 0 spiro atoms. The van der Waals surface area contributed by atoms with Crippen LogP contribution in [0.2, 0.25) is 0 Å². The number of amides is 3. The van der Waals surface area contributed by atoms with Gasteiger partial charge in [-0.3, -0.25) is 14.4 Å². The molecule has 11 heteroatoms. The van der Waals surface area contributed by atoms with Crippen LogP contribution < -0.4 is 22.1 Å². The van der Waals surface area contributed by atoms with Crippen LogP contribution in [0.25, 0.3) is 0 Å². The number of carbonyl (C=O) groups is 4. The van der Waals surface area contributed by atoms with Gasteiger partial charge in [0.15, 0.2) is 0 Å². The molecule has 1 rings (SSSR count). The lowest BCUT2D eigenvalue weighted by Crippen LogP contribution is -2.58. The molecule has 1 heterocycles. The SMILES string of the molecule is CCC(C)C(NC(=O)C(N)CO)C(=O)N1CCCC1C(=O)NC(CCCCN)C(=O)O. The highest BCUT2D eigenvalue weighted by Crippen LogP contribution is 2.22. The lowest BCUT2D eigenvalue weighted by molar-refractivity contribution is -0.145.